The molecule has 32 heteroatoms. The summed E-state index contributed by atoms with van der Waals surface area (Å²) in [5.74, 6) is 7.43. The minimum atomic E-state index is -0.851. The molecule has 3 amide bonds. The fourth-order valence-corrected chi connectivity index (χ4v) is 27.9. The first-order chi connectivity index (χ1) is 57.6. The molecule has 6 aliphatic heterocycles. The van der Waals surface area contributed by atoms with Gasteiger partial charge in [-0.2, -0.15) is 0 Å². The number of anilines is 3. The molecule has 8 N–H and O–H groups in total. The average molecular weight is 1630 g/mol. The Morgan fingerprint density at radius 2 is 0.678 bits per heavy atom. The molecular formula is C86H118N18O14. The fourth-order valence-electron chi connectivity index (χ4n) is 27.9. The lowest BCUT2D eigenvalue weighted by atomic mass is 9.49. The number of fused-ring (bicyclic) bond motifs is 6. The van der Waals surface area contributed by atoms with Gasteiger partial charge in [-0.05, 0) is 225 Å². The third kappa shape index (κ3) is 13.9. The smallest absolute Gasteiger partial charge is 0.252 e. The highest BCUT2D eigenvalue weighted by Gasteiger charge is 2.65. The van der Waals surface area contributed by atoms with Crippen LogP contribution in [0.1, 0.15) is 237 Å². The van der Waals surface area contributed by atoms with Crippen molar-refractivity contribution in [3.05, 3.63) is 38.0 Å². The van der Waals surface area contributed by atoms with Gasteiger partial charge in [-0.25, -0.2) is 44.9 Å². The summed E-state index contributed by atoms with van der Waals surface area (Å²) in [5.41, 5.74) is 5.00. The third-order valence-electron chi connectivity index (χ3n) is 31.4. The first-order valence-corrected chi connectivity index (χ1v) is 45.5. The van der Waals surface area contributed by atoms with Crippen LogP contribution in [0.5, 0.6) is 0 Å². The molecule has 12 bridgehead atoms. The van der Waals surface area contributed by atoms with Crippen LogP contribution in [-0.4, -0.2) is 210 Å². The van der Waals surface area contributed by atoms with Gasteiger partial charge in [0.2, 0.25) is 0 Å². The second-order valence-electron chi connectivity index (χ2n) is 39.7. The number of ether oxygens (including phenoxy) is 9. The number of nitrogens with one attached hydrogen (secondary N) is 6. The third-order valence-corrected chi connectivity index (χ3v) is 31.4. The summed E-state index contributed by atoms with van der Waals surface area (Å²) in [6.07, 6.45) is 41.9. The van der Waals surface area contributed by atoms with Crippen molar-refractivity contribution in [3.8, 4) is 0 Å². The van der Waals surface area contributed by atoms with Gasteiger partial charge in [0.15, 0.2) is 105 Å². The number of hydrogen-bond donors (Lipinski definition) is 8. The van der Waals surface area contributed by atoms with Crippen molar-refractivity contribution in [1.29, 1.82) is 0 Å². The SMILES string of the molecule is CCNC(=O)[C@H]1O[C@@H](n2cnc3c(NCC45CC6CC(CC(C6)C4)C5)ncnc32)[C@H]2OC3(CCCCC3)OC12.O=C(NCCO)[C@H]1O[C@@H](n2cnc3c(NC45CC6CC(CC(C6)C4)C5)ncnc32)[C@H]2OC3(CCCCC3)OC12.O=C(NCCO)[C@H]1O[C@@H](n2cnc3c(NCC45CC6CC(CC(C6)C4)C5)ncnc32)[C@H]2OC3(CCCCC3)OC12. The maximum absolute atomic E-state index is 13.1. The van der Waals surface area contributed by atoms with E-state index >= 15 is 0 Å². The van der Waals surface area contributed by atoms with E-state index < -0.39 is 91.0 Å². The predicted octanol–water partition coefficient (Wildman–Crippen LogP) is 9.49. The molecule has 6 saturated heterocycles. The number of aliphatic hydroxyl groups excluding tert-OH is 2. The van der Waals surface area contributed by atoms with E-state index in [1.807, 2.05) is 20.6 Å². The maximum atomic E-state index is 13.1. The van der Waals surface area contributed by atoms with E-state index in [1.165, 1.54) is 122 Å². The van der Waals surface area contributed by atoms with Crippen LogP contribution in [0.4, 0.5) is 17.5 Å². The van der Waals surface area contributed by atoms with Crippen molar-refractivity contribution < 1.29 is 67.2 Å². The van der Waals surface area contributed by atoms with E-state index in [4.69, 9.17) is 57.6 Å². The molecule has 21 fully saturated rings. The number of rotatable bonds is 19. The van der Waals surface area contributed by atoms with Crippen molar-refractivity contribution in [3.63, 3.8) is 0 Å². The zero-order valence-electron chi connectivity index (χ0n) is 68.0. The van der Waals surface area contributed by atoms with Gasteiger partial charge in [-0.15, -0.1) is 0 Å². The minimum Gasteiger partial charge on any atom is -0.395 e. The molecule has 21 aliphatic rings. The Morgan fingerprint density at radius 1 is 0.381 bits per heavy atom. The molecule has 6 aromatic rings. The van der Waals surface area contributed by atoms with Gasteiger partial charge in [-0.3, -0.25) is 28.1 Å². The second-order valence-corrected chi connectivity index (χ2v) is 39.7. The largest absolute Gasteiger partial charge is 0.395 e. The zero-order chi connectivity index (χ0) is 79.3. The van der Waals surface area contributed by atoms with Crippen LogP contribution in [0.15, 0.2) is 38.0 Å². The summed E-state index contributed by atoms with van der Waals surface area (Å²) in [6, 6.07) is 0. The quantitative estimate of drug-likeness (QED) is 0.0374. The van der Waals surface area contributed by atoms with Gasteiger partial charge in [0.25, 0.3) is 17.7 Å². The molecule has 32 nitrogen and oxygen atoms in total. The summed E-state index contributed by atoms with van der Waals surface area (Å²) in [7, 11) is 0. The molecule has 636 valence electrons. The summed E-state index contributed by atoms with van der Waals surface area (Å²) in [6.45, 7) is 4.35. The maximum Gasteiger partial charge on any atom is 0.252 e. The summed E-state index contributed by atoms with van der Waals surface area (Å²) < 4.78 is 64.1. The van der Waals surface area contributed by atoms with E-state index in [1.54, 1.807) is 38.0 Å². The number of likely N-dealkylation sites (N-methyl/N-ethyl adjacent to an activating group) is 1. The number of aliphatic hydroxyl groups is 2. The lowest BCUT2D eigenvalue weighted by molar-refractivity contribution is -0.230. The predicted molar refractivity (Wildman–Crippen MR) is 426 cm³/mol. The van der Waals surface area contributed by atoms with Crippen LogP contribution in [0, 0.1) is 64.1 Å². The van der Waals surface area contributed by atoms with Gasteiger partial charge < -0.3 is 84.7 Å². The average Bonchev–Trinajstić information content (AvgIpc) is 1.64. The van der Waals surface area contributed by atoms with Crippen molar-refractivity contribution in [2.75, 3.05) is 61.9 Å². The van der Waals surface area contributed by atoms with E-state index in [0.717, 1.165) is 179 Å². The highest BCUT2D eigenvalue weighted by molar-refractivity contribution is 5.86. The Balaban J connectivity index is 0.000000107. The molecule has 0 radical (unpaired) electrons. The number of imidazole rings is 3. The van der Waals surface area contributed by atoms with Crippen molar-refractivity contribution in [2.24, 2.45) is 64.1 Å². The number of carbonyl (C=O) groups excluding carboxylic acids is 3. The number of hydrogen-bond acceptors (Lipinski definition) is 26. The van der Waals surface area contributed by atoms with Crippen LogP contribution in [-0.2, 0) is 57.0 Å². The van der Waals surface area contributed by atoms with Crippen molar-refractivity contribution in [2.45, 2.75) is 315 Å². The molecule has 3 spiro atoms. The molecule has 118 heavy (non-hydrogen) atoms. The molecule has 27 rings (SSSR count). The molecular weight excluding hydrogens is 1510 g/mol. The lowest BCUT2D eigenvalue weighted by Crippen LogP contribution is -2.54. The van der Waals surface area contributed by atoms with E-state index in [0.29, 0.717) is 45.3 Å². The summed E-state index contributed by atoms with van der Waals surface area (Å²) in [4.78, 5) is 81.1. The van der Waals surface area contributed by atoms with Gasteiger partial charge in [0.05, 0.1) is 32.2 Å². The first-order valence-electron chi connectivity index (χ1n) is 45.5. The Bertz CT molecular complexity index is 4610. The standard InChI is InChI=1S/C29H40N6O5.C29H40N6O4.C28H38N6O5/c36-7-6-30-26(37)22-21-23(40-29(39-21)4-2-1-3-5-29)27(38-22)35-16-34-20-24(32-15-33-25(20)35)31-14-28-11-17-8-18(12-28)10-19(9-17)13-28;1-2-30-26(36)22-21-23(39-29(38-21)6-4-3-5-7-29)27(37-22)35-16-34-20-24(32-15-33-25(20)35)31-14-28-11-17-8-18(12-28)10-19(9-17)13-28;35-7-6-29-25(36)21-20-22(39-28(38-20)4-2-1-3-5-28)26(37-21)34-15-32-19-23(30-14-31-24(19)34)33-27-11-16-8-17(12-27)10-18(9-16)13-27/h15-19,21-23,27,36H,1-14H2,(H,30,37)(H,31,32,33);15-19,21-23,27H,2-14H2,1H3,(H,30,36)(H,31,32,33);14-18,20-22,26,35H,1-13H2,(H,29,36)(H,30,31,33)/t2*17?,18?,19?,21?,22-,23-,27+,28?;16?,17?,18?,20?,21-,22-,26+,27?/m000/s1. The molecule has 6 aromatic heterocycles. The van der Waals surface area contributed by atoms with E-state index in [9.17, 15) is 24.6 Å². The van der Waals surface area contributed by atoms with Gasteiger partial charge >= 0.3 is 0 Å². The molecule has 12 atom stereocenters. The number of carbonyl (C=O) groups is 3. The van der Waals surface area contributed by atoms with E-state index in [2.05, 4.69) is 61.8 Å². The van der Waals surface area contributed by atoms with Gasteiger partial charge in [-0.1, -0.05) is 19.3 Å². The number of aromatic nitrogens is 12. The summed E-state index contributed by atoms with van der Waals surface area (Å²) in [5, 5.41) is 38.1. The summed E-state index contributed by atoms with van der Waals surface area (Å²) >= 11 is 0. The van der Waals surface area contributed by atoms with Crippen LogP contribution in [0.2, 0.25) is 0 Å². The molecule has 3 unspecified atom stereocenters. The molecule has 15 aliphatic carbocycles. The van der Waals surface area contributed by atoms with Crippen LogP contribution < -0.4 is 31.9 Å². The highest BCUT2D eigenvalue weighted by atomic mass is 16.8. The van der Waals surface area contributed by atoms with Gasteiger partial charge in [0.1, 0.15) is 55.6 Å². The first kappa shape index (κ1) is 77.1. The normalized spacial score (nSPS) is 39.6. The number of amides is 3. The number of nitrogens with zero attached hydrogens (tertiary/aromatic N) is 12. The molecule has 15 saturated carbocycles. The minimum absolute atomic E-state index is 0.0976. The van der Waals surface area contributed by atoms with Gasteiger partial charge in [0, 0.05) is 76.8 Å². The molecule has 12 heterocycles. The second kappa shape index (κ2) is 30.5. The zero-order valence-corrected chi connectivity index (χ0v) is 68.0. The van der Waals surface area contributed by atoms with E-state index in [-0.39, 0.29) is 49.6 Å². The highest BCUT2D eigenvalue weighted by Crippen LogP contribution is 2.63. The lowest BCUT2D eigenvalue weighted by Gasteiger charge is -2.57. The Morgan fingerprint density at radius 3 is 1.00 bits per heavy atom. The Kier molecular flexibility index (Phi) is 19.9. The van der Waals surface area contributed by atoms with Crippen molar-refractivity contribution in [1.82, 2.24) is 74.5 Å². The monoisotopic (exact) mass is 1630 g/mol. The molecule has 0 aromatic carbocycles. The van der Waals surface area contributed by atoms with Crippen molar-refractivity contribution >= 4 is 68.7 Å². The Hall–Kier alpha value is -6.98. The Labute approximate surface area is 686 Å². The fraction of sp³-hybridized carbons (Fsp3) is 0.791. The topological polar surface area (TPSA) is 378 Å². The van der Waals surface area contributed by atoms with Crippen LogP contribution in [0.3, 0.4) is 0 Å². The van der Waals surface area contributed by atoms with Crippen LogP contribution in [0.25, 0.3) is 33.5 Å². The van der Waals surface area contributed by atoms with Crippen LogP contribution >= 0.6 is 0 Å².